The van der Waals surface area contributed by atoms with Gasteiger partial charge >= 0.3 is 0 Å². The quantitative estimate of drug-likeness (QED) is 0.498. The summed E-state index contributed by atoms with van der Waals surface area (Å²) in [6.07, 6.45) is 4.33. The average molecular weight is 409 g/mol. The average Bonchev–Trinajstić information content (AvgIpc) is 3.16. The van der Waals surface area contributed by atoms with E-state index in [9.17, 15) is 4.39 Å². The van der Waals surface area contributed by atoms with Crippen molar-refractivity contribution in [2.75, 3.05) is 0 Å². The second-order valence-electron chi connectivity index (χ2n) is 6.36. The molecule has 0 unspecified atom stereocenters. The molecule has 3 heteroatoms. The largest absolute Gasteiger partial charge is 0.462 e. The molecule has 25 heavy (non-hydrogen) atoms. The molecule has 0 fully saturated rings. The number of benzene rings is 2. The summed E-state index contributed by atoms with van der Waals surface area (Å²) in [4.78, 5) is 0. The van der Waals surface area contributed by atoms with Crippen molar-refractivity contribution in [2.45, 2.75) is 20.8 Å². The molecule has 123 valence electrons. The minimum absolute atomic E-state index is 0. The molecule has 4 rings (SSSR count). The SMILES string of the molecule is Cc1ccc(C2=Cc3c(cc(C)c(C)c3-c3ccc(F)cc3)[CH]2)o1.[Zr]. The Balaban J connectivity index is 0.00000182. The van der Waals surface area contributed by atoms with Gasteiger partial charge in [-0.2, -0.15) is 0 Å². The van der Waals surface area contributed by atoms with Crippen LogP contribution in [-0.4, -0.2) is 0 Å². The van der Waals surface area contributed by atoms with Gasteiger partial charge in [0.25, 0.3) is 0 Å². The van der Waals surface area contributed by atoms with Crippen molar-refractivity contribution in [1.29, 1.82) is 0 Å². The van der Waals surface area contributed by atoms with E-state index in [-0.39, 0.29) is 32.0 Å². The van der Waals surface area contributed by atoms with E-state index in [1.165, 1.54) is 39.9 Å². The van der Waals surface area contributed by atoms with Gasteiger partial charge in [-0.3, -0.25) is 0 Å². The molecule has 1 aliphatic rings. The van der Waals surface area contributed by atoms with Gasteiger partial charge in [-0.1, -0.05) is 18.2 Å². The Morgan fingerprint density at radius 1 is 0.920 bits per heavy atom. The Morgan fingerprint density at radius 2 is 1.64 bits per heavy atom. The molecule has 1 aliphatic carbocycles. The molecule has 2 aromatic carbocycles. The first kappa shape index (κ1) is 18.1. The molecule has 1 radical (unpaired) electrons. The number of rotatable bonds is 2. The summed E-state index contributed by atoms with van der Waals surface area (Å²) < 4.78 is 19.1. The Bertz CT molecular complexity index is 964. The zero-order valence-corrected chi connectivity index (χ0v) is 16.9. The maximum atomic E-state index is 13.3. The van der Waals surface area contributed by atoms with Crippen LogP contribution >= 0.6 is 0 Å². The minimum Gasteiger partial charge on any atom is -0.462 e. The van der Waals surface area contributed by atoms with Crippen molar-refractivity contribution < 1.29 is 35.0 Å². The number of hydrogen-bond donors (Lipinski definition) is 0. The molecular weight excluding hydrogens is 390 g/mol. The molecule has 1 heterocycles. The zero-order valence-electron chi connectivity index (χ0n) is 14.5. The van der Waals surface area contributed by atoms with Crippen molar-refractivity contribution in [3.8, 4) is 11.1 Å². The Morgan fingerprint density at radius 3 is 2.28 bits per heavy atom. The first-order valence-corrected chi connectivity index (χ1v) is 8.06. The molecule has 0 saturated heterocycles. The molecule has 0 bridgehead atoms. The molecule has 0 aliphatic heterocycles. The first-order valence-electron chi connectivity index (χ1n) is 8.06. The summed E-state index contributed by atoms with van der Waals surface area (Å²) in [5, 5.41) is 0. The summed E-state index contributed by atoms with van der Waals surface area (Å²) in [6, 6.07) is 12.9. The van der Waals surface area contributed by atoms with Crippen molar-refractivity contribution >= 4 is 11.6 Å². The van der Waals surface area contributed by atoms with Crippen molar-refractivity contribution in [3.05, 3.63) is 88.5 Å². The smallest absolute Gasteiger partial charge is 0.130 e. The number of halogens is 1. The molecular formula is C22H18FOZr. The van der Waals surface area contributed by atoms with E-state index in [0.717, 1.165) is 22.7 Å². The predicted octanol–water partition coefficient (Wildman–Crippen LogP) is 6.12. The molecule has 0 spiro atoms. The van der Waals surface area contributed by atoms with Crippen LogP contribution in [0.5, 0.6) is 0 Å². The second-order valence-corrected chi connectivity index (χ2v) is 6.36. The van der Waals surface area contributed by atoms with E-state index in [1.54, 1.807) is 0 Å². The summed E-state index contributed by atoms with van der Waals surface area (Å²) >= 11 is 0. The molecule has 0 N–H and O–H groups in total. The number of fused-ring (bicyclic) bond motifs is 1. The van der Waals surface area contributed by atoms with E-state index in [1.807, 2.05) is 31.2 Å². The van der Waals surface area contributed by atoms with Crippen LogP contribution in [0.25, 0.3) is 22.8 Å². The van der Waals surface area contributed by atoms with Crippen LogP contribution in [0.15, 0.2) is 46.9 Å². The normalized spacial score (nSPS) is 12.6. The monoisotopic (exact) mass is 407 g/mol. The van der Waals surface area contributed by atoms with Crippen LogP contribution < -0.4 is 0 Å². The van der Waals surface area contributed by atoms with Crippen LogP contribution in [-0.2, 0) is 26.2 Å². The van der Waals surface area contributed by atoms with Crippen molar-refractivity contribution in [2.24, 2.45) is 0 Å². The Labute approximate surface area is 166 Å². The van der Waals surface area contributed by atoms with E-state index in [0.29, 0.717) is 0 Å². The third-order valence-electron chi connectivity index (χ3n) is 4.69. The summed E-state index contributed by atoms with van der Waals surface area (Å²) in [5.41, 5.74) is 8.09. The molecule has 0 saturated carbocycles. The van der Waals surface area contributed by atoms with Crippen molar-refractivity contribution in [1.82, 2.24) is 0 Å². The van der Waals surface area contributed by atoms with Crippen LogP contribution in [0.3, 0.4) is 0 Å². The van der Waals surface area contributed by atoms with Crippen LogP contribution in [0.1, 0.15) is 33.8 Å². The van der Waals surface area contributed by atoms with Crippen LogP contribution in [0, 0.1) is 33.0 Å². The van der Waals surface area contributed by atoms with Gasteiger partial charge < -0.3 is 4.42 Å². The van der Waals surface area contributed by atoms with Gasteiger partial charge in [0, 0.05) is 38.2 Å². The van der Waals surface area contributed by atoms with Gasteiger partial charge in [-0.05, 0) is 84.5 Å². The third-order valence-corrected chi connectivity index (χ3v) is 4.69. The fourth-order valence-electron chi connectivity index (χ4n) is 3.32. The minimum atomic E-state index is -0.213. The van der Waals surface area contributed by atoms with Gasteiger partial charge in [0.15, 0.2) is 0 Å². The molecule has 1 nitrogen and oxygen atoms in total. The van der Waals surface area contributed by atoms with Crippen LogP contribution in [0.2, 0.25) is 0 Å². The van der Waals surface area contributed by atoms with Gasteiger partial charge in [-0.25, -0.2) is 4.39 Å². The molecule has 3 aromatic rings. The molecule has 1 aromatic heterocycles. The number of allylic oxidation sites excluding steroid dienone is 1. The first-order chi connectivity index (χ1) is 11.5. The molecule has 0 atom stereocenters. The number of furan rings is 1. The summed E-state index contributed by atoms with van der Waals surface area (Å²) in [5.74, 6) is 1.57. The topological polar surface area (TPSA) is 13.1 Å². The maximum absolute atomic E-state index is 13.3. The maximum Gasteiger partial charge on any atom is 0.130 e. The van der Waals surface area contributed by atoms with Gasteiger partial charge in [0.1, 0.15) is 17.3 Å². The van der Waals surface area contributed by atoms with Crippen molar-refractivity contribution in [3.63, 3.8) is 0 Å². The standard InChI is InChI=1S/C22H18FO.Zr/c1-13-10-17-11-18(21-9-4-14(2)24-21)12-20(17)22(15(13)3)16-5-7-19(23)8-6-16;/h4-12H,1-3H3;. The zero-order chi connectivity index (χ0) is 16.8. The second kappa shape index (κ2) is 6.88. The van der Waals surface area contributed by atoms with Gasteiger partial charge in [-0.15, -0.1) is 0 Å². The third kappa shape index (κ3) is 3.23. The fraction of sp³-hybridized carbons (Fsp3) is 0.136. The number of aryl methyl sites for hydroxylation is 2. The fourth-order valence-corrected chi connectivity index (χ4v) is 3.32. The van der Waals surface area contributed by atoms with E-state index < -0.39 is 0 Å². The molecule has 0 amide bonds. The predicted molar refractivity (Wildman–Crippen MR) is 96.0 cm³/mol. The van der Waals surface area contributed by atoms with E-state index >= 15 is 0 Å². The van der Waals surface area contributed by atoms with Crippen LogP contribution in [0.4, 0.5) is 4.39 Å². The summed E-state index contributed by atoms with van der Waals surface area (Å²) in [7, 11) is 0. The van der Waals surface area contributed by atoms with Gasteiger partial charge in [0.05, 0.1) is 0 Å². The van der Waals surface area contributed by atoms with Gasteiger partial charge in [0.2, 0.25) is 0 Å². The Kier molecular flexibility index (Phi) is 4.98. The van der Waals surface area contributed by atoms with E-state index in [4.69, 9.17) is 4.42 Å². The summed E-state index contributed by atoms with van der Waals surface area (Å²) in [6.45, 7) is 6.19. The number of hydrogen-bond acceptors (Lipinski definition) is 1. The Hall–Kier alpha value is -1.73. The van der Waals surface area contributed by atoms with E-state index in [2.05, 4.69) is 32.4 Å².